The molecule has 0 amide bonds. The number of nitrogens with one attached hydrogen (secondary N) is 1. The summed E-state index contributed by atoms with van der Waals surface area (Å²) in [7, 11) is -3.90. The summed E-state index contributed by atoms with van der Waals surface area (Å²) in [6.45, 7) is 6.08. The van der Waals surface area contributed by atoms with E-state index in [9.17, 15) is 12.8 Å². The van der Waals surface area contributed by atoms with Crippen LogP contribution in [-0.2, 0) is 10.0 Å². The number of sulfonamides is 1. The molecule has 152 valence electrons. The van der Waals surface area contributed by atoms with Gasteiger partial charge >= 0.3 is 0 Å². The first-order valence-electron chi connectivity index (χ1n) is 9.41. The summed E-state index contributed by atoms with van der Waals surface area (Å²) in [5.41, 5.74) is 0.674. The highest BCUT2D eigenvalue weighted by Crippen LogP contribution is 2.32. The topological polar surface area (TPSA) is 67.9 Å². The van der Waals surface area contributed by atoms with Crippen LogP contribution in [0.15, 0.2) is 41.3 Å². The van der Waals surface area contributed by atoms with Crippen molar-refractivity contribution in [3.05, 3.63) is 42.2 Å². The predicted octanol–water partition coefficient (Wildman–Crippen LogP) is 4.02. The van der Waals surface area contributed by atoms with Crippen molar-refractivity contribution in [2.24, 2.45) is 0 Å². The van der Waals surface area contributed by atoms with Crippen LogP contribution in [0.4, 0.5) is 15.8 Å². The number of hydrogen-bond acceptors (Lipinski definition) is 5. The second kappa shape index (κ2) is 8.68. The normalized spacial score (nSPS) is 14.2. The van der Waals surface area contributed by atoms with E-state index in [1.165, 1.54) is 18.2 Å². The summed E-state index contributed by atoms with van der Waals surface area (Å²) in [5.74, 6) is 0.385. The summed E-state index contributed by atoms with van der Waals surface area (Å²) in [5, 5.41) is 0. The Morgan fingerprint density at radius 1 is 1.00 bits per heavy atom. The number of hydrogen-bond donors (Lipinski definition) is 1. The summed E-state index contributed by atoms with van der Waals surface area (Å²) >= 11 is 0. The van der Waals surface area contributed by atoms with Crippen molar-refractivity contribution in [2.45, 2.75) is 31.6 Å². The van der Waals surface area contributed by atoms with Gasteiger partial charge in [-0.15, -0.1) is 0 Å². The van der Waals surface area contributed by atoms with Crippen LogP contribution in [0.1, 0.15) is 26.7 Å². The minimum atomic E-state index is -3.90. The highest BCUT2D eigenvalue weighted by molar-refractivity contribution is 7.92. The quantitative estimate of drug-likeness (QED) is 0.714. The van der Waals surface area contributed by atoms with Crippen molar-refractivity contribution < 1.29 is 22.3 Å². The zero-order chi connectivity index (χ0) is 20.1. The zero-order valence-corrected chi connectivity index (χ0v) is 16.9. The van der Waals surface area contributed by atoms with E-state index in [-0.39, 0.29) is 10.6 Å². The molecule has 6 nitrogen and oxygen atoms in total. The molecule has 2 aromatic carbocycles. The van der Waals surface area contributed by atoms with Crippen molar-refractivity contribution >= 4 is 21.4 Å². The van der Waals surface area contributed by atoms with E-state index in [0.29, 0.717) is 30.4 Å². The van der Waals surface area contributed by atoms with Gasteiger partial charge in [0.05, 0.1) is 29.5 Å². The average Bonchev–Trinajstić information content (AvgIpc) is 3.17. The van der Waals surface area contributed by atoms with Gasteiger partial charge in [0.25, 0.3) is 10.0 Å². The molecule has 1 fully saturated rings. The minimum absolute atomic E-state index is 0.0171. The second-order valence-corrected chi connectivity index (χ2v) is 8.12. The standard InChI is InChI=1S/C20H25FN2O4S/c1-3-26-19-10-8-16(14-20(19)27-4-2)28(24,25)22-15-7-9-18(17(21)13-15)23-11-5-6-12-23/h7-10,13-14,22H,3-6,11-12H2,1-2H3. The van der Waals surface area contributed by atoms with E-state index in [4.69, 9.17) is 9.47 Å². The first kappa shape index (κ1) is 20.3. The molecule has 0 spiro atoms. The van der Waals surface area contributed by atoms with Gasteiger partial charge in [-0.25, -0.2) is 12.8 Å². The molecule has 0 unspecified atom stereocenters. The van der Waals surface area contributed by atoms with Gasteiger partial charge in [-0.3, -0.25) is 4.72 Å². The molecule has 3 rings (SSSR count). The molecule has 1 saturated heterocycles. The summed E-state index contributed by atoms with van der Waals surface area (Å²) < 4.78 is 53.3. The lowest BCUT2D eigenvalue weighted by Crippen LogP contribution is -2.19. The summed E-state index contributed by atoms with van der Waals surface area (Å²) in [6, 6.07) is 8.80. The van der Waals surface area contributed by atoms with Crippen LogP contribution in [0.25, 0.3) is 0 Å². The fourth-order valence-electron chi connectivity index (χ4n) is 3.20. The number of ether oxygens (including phenoxy) is 2. The third-order valence-electron chi connectivity index (χ3n) is 4.47. The molecule has 1 aliphatic rings. The maximum atomic E-state index is 14.5. The van der Waals surface area contributed by atoms with Crippen LogP contribution in [0.2, 0.25) is 0 Å². The molecule has 1 aliphatic heterocycles. The lowest BCUT2D eigenvalue weighted by atomic mass is 10.2. The van der Waals surface area contributed by atoms with Crippen LogP contribution >= 0.6 is 0 Å². The third kappa shape index (κ3) is 4.49. The molecule has 0 saturated carbocycles. The fourth-order valence-corrected chi connectivity index (χ4v) is 4.26. The van der Waals surface area contributed by atoms with Gasteiger partial charge in [0.15, 0.2) is 11.5 Å². The van der Waals surface area contributed by atoms with Gasteiger partial charge in [-0.1, -0.05) is 0 Å². The number of rotatable bonds is 8. The molecule has 0 aliphatic carbocycles. The van der Waals surface area contributed by atoms with Gasteiger partial charge in [0, 0.05) is 25.2 Å². The minimum Gasteiger partial charge on any atom is -0.490 e. The molecule has 1 heterocycles. The molecular weight excluding hydrogens is 383 g/mol. The van der Waals surface area contributed by atoms with E-state index in [2.05, 4.69) is 4.72 Å². The molecule has 0 aromatic heterocycles. The number of halogens is 1. The van der Waals surface area contributed by atoms with Crippen LogP contribution in [0, 0.1) is 5.82 Å². The highest BCUT2D eigenvalue weighted by atomic mass is 32.2. The predicted molar refractivity (Wildman–Crippen MR) is 107 cm³/mol. The van der Waals surface area contributed by atoms with E-state index in [1.54, 1.807) is 25.1 Å². The Hall–Kier alpha value is -2.48. The molecule has 0 atom stereocenters. The molecular formula is C20H25FN2O4S. The van der Waals surface area contributed by atoms with E-state index >= 15 is 0 Å². The average molecular weight is 408 g/mol. The smallest absolute Gasteiger partial charge is 0.262 e. The third-order valence-corrected chi connectivity index (χ3v) is 5.85. The molecule has 0 radical (unpaired) electrons. The number of anilines is 2. The van der Waals surface area contributed by atoms with Crippen molar-refractivity contribution in [1.82, 2.24) is 0 Å². The number of benzene rings is 2. The second-order valence-electron chi connectivity index (χ2n) is 6.44. The lowest BCUT2D eigenvalue weighted by molar-refractivity contribution is 0.287. The highest BCUT2D eigenvalue weighted by Gasteiger charge is 2.20. The maximum Gasteiger partial charge on any atom is 0.262 e. The Labute approximate surface area is 165 Å². The first-order chi connectivity index (χ1) is 13.4. The Balaban J connectivity index is 1.83. The Morgan fingerprint density at radius 2 is 1.68 bits per heavy atom. The molecule has 8 heteroatoms. The SMILES string of the molecule is CCOc1ccc(S(=O)(=O)Nc2ccc(N3CCCC3)c(F)c2)cc1OCC. The van der Waals surface area contributed by atoms with Gasteiger partial charge in [0.2, 0.25) is 0 Å². The molecule has 0 bridgehead atoms. The zero-order valence-electron chi connectivity index (χ0n) is 16.1. The van der Waals surface area contributed by atoms with E-state index in [1.807, 2.05) is 11.8 Å². The lowest BCUT2D eigenvalue weighted by Gasteiger charge is -2.19. The van der Waals surface area contributed by atoms with Crippen LogP contribution in [0.5, 0.6) is 11.5 Å². The van der Waals surface area contributed by atoms with Crippen LogP contribution < -0.4 is 19.1 Å². The molecule has 1 N–H and O–H groups in total. The largest absolute Gasteiger partial charge is 0.490 e. The van der Waals surface area contributed by atoms with Gasteiger partial charge in [-0.05, 0) is 51.0 Å². The Kier molecular flexibility index (Phi) is 6.28. The summed E-state index contributed by atoms with van der Waals surface area (Å²) in [4.78, 5) is 1.98. The van der Waals surface area contributed by atoms with Gasteiger partial charge in [0.1, 0.15) is 5.82 Å². The van der Waals surface area contributed by atoms with Gasteiger partial charge in [-0.2, -0.15) is 0 Å². The number of nitrogens with zero attached hydrogens (tertiary/aromatic N) is 1. The van der Waals surface area contributed by atoms with Crippen molar-refractivity contribution in [1.29, 1.82) is 0 Å². The summed E-state index contributed by atoms with van der Waals surface area (Å²) in [6.07, 6.45) is 2.07. The van der Waals surface area contributed by atoms with Crippen LogP contribution in [0.3, 0.4) is 0 Å². The first-order valence-corrected chi connectivity index (χ1v) is 10.9. The van der Waals surface area contributed by atoms with E-state index in [0.717, 1.165) is 25.9 Å². The fraction of sp³-hybridized carbons (Fsp3) is 0.400. The maximum absolute atomic E-state index is 14.5. The van der Waals surface area contributed by atoms with Crippen molar-refractivity contribution in [3.8, 4) is 11.5 Å². The van der Waals surface area contributed by atoms with E-state index < -0.39 is 15.8 Å². The van der Waals surface area contributed by atoms with Crippen LogP contribution in [-0.4, -0.2) is 34.7 Å². The molecule has 28 heavy (non-hydrogen) atoms. The van der Waals surface area contributed by atoms with Crippen molar-refractivity contribution in [2.75, 3.05) is 35.9 Å². The van der Waals surface area contributed by atoms with Crippen molar-refractivity contribution in [3.63, 3.8) is 0 Å². The monoisotopic (exact) mass is 408 g/mol. The Morgan fingerprint density at radius 3 is 2.32 bits per heavy atom. The molecule has 2 aromatic rings. The van der Waals surface area contributed by atoms with Gasteiger partial charge < -0.3 is 14.4 Å². The Bertz CT molecular complexity index is 928.